The van der Waals surface area contributed by atoms with Crippen molar-refractivity contribution in [3.63, 3.8) is 0 Å². The Bertz CT molecular complexity index is 1220. The molecule has 26 heavy (non-hydrogen) atoms. The molecule has 3 aromatic carbocycles. The number of carbonyl (C=O) groups is 1. The van der Waals surface area contributed by atoms with E-state index in [1.807, 2.05) is 54.6 Å². The maximum Gasteiger partial charge on any atom is 0.193 e. The van der Waals surface area contributed by atoms with Crippen LogP contribution >= 0.6 is 11.3 Å². The summed E-state index contributed by atoms with van der Waals surface area (Å²) in [6.07, 6.45) is 1.77. The topological polar surface area (TPSA) is 45.8 Å². The highest BCUT2D eigenvalue weighted by molar-refractivity contribution is 7.22. The summed E-state index contributed by atoms with van der Waals surface area (Å²) in [5.41, 5.74) is 3.34. The Balaban J connectivity index is 1.72. The lowest BCUT2D eigenvalue weighted by molar-refractivity contribution is 0.103. The predicted molar refractivity (Wildman–Crippen MR) is 107 cm³/mol. The Morgan fingerprint density at radius 2 is 1.65 bits per heavy atom. The van der Waals surface area contributed by atoms with Gasteiger partial charge in [0.2, 0.25) is 0 Å². The minimum Gasteiger partial charge on any atom is -0.289 e. The lowest BCUT2D eigenvalue weighted by Crippen LogP contribution is -2.01. The molecule has 0 unspecified atom stereocenters. The molecule has 4 heteroatoms. The zero-order chi connectivity index (χ0) is 17.5. The second-order valence-corrected chi connectivity index (χ2v) is 7.29. The zero-order valence-electron chi connectivity index (χ0n) is 13.8. The predicted octanol–water partition coefficient (Wildman–Crippen LogP) is 5.68. The summed E-state index contributed by atoms with van der Waals surface area (Å²) in [5.74, 6) is 0.0241. The number of nitrogens with one attached hydrogen (secondary N) is 1. The zero-order valence-corrected chi connectivity index (χ0v) is 14.6. The Kier molecular flexibility index (Phi) is 3.43. The molecule has 2 aromatic heterocycles. The van der Waals surface area contributed by atoms with Gasteiger partial charge in [-0.1, -0.05) is 48.5 Å². The Morgan fingerprint density at radius 3 is 2.50 bits per heavy atom. The van der Waals surface area contributed by atoms with E-state index in [1.165, 1.54) is 10.1 Å². The van der Waals surface area contributed by atoms with Crippen LogP contribution in [0, 0.1) is 0 Å². The number of H-pyrrole nitrogens is 1. The van der Waals surface area contributed by atoms with Crippen molar-refractivity contribution < 1.29 is 4.79 Å². The third kappa shape index (κ3) is 2.43. The maximum atomic E-state index is 12.9. The van der Waals surface area contributed by atoms with Crippen LogP contribution in [-0.4, -0.2) is 16.0 Å². The number of thiophene rings is 1. The molecule has 0 aliphatic heterocycles. The summed E-state index contributed by atoms with van der Waals surface area (Å²) >= 11 is 1.73. The van der Waals surface area contributed by atoms with E-state index in [1.54, 1.807) is 17.5 Å². The van der Waals surface area contributed by atoms with Crippen molar-refractivity contribution >= 4 is 38.1 Å². The van der Waals surface area contributed by atoms with Gasteiger partial charge in [-0.25, -0.2) is 0 Å². The summed E-state index contributed by atoms with van der Waals surface area (Å²) < 4.78 is 1.23. The van der Waals surface area contributed by atoms with Crippen LogP contribution in [0.15, 0.2) is 79.0 Å². The Hall–Kier alpha value is -3.24. The second-order valence-electron chi connectivity index (χ2n) is 6.20. The molecule has 0 saturated heterocycles. The van der Waals surface area contributed by atoms with Gasteiger partial charge in [0.25, 0.3) is 0 Å². The third-order valence-corrected chi connectivity index (χ3v) is 5.69. The largest absolute Gasteiger partial charge is 0.289 e. The SMILES string of the molecule is O=C(c1ccccc1)c1cc(-c2cc3ccccc3s2)c2[nH]ncc2c1. The standard InChI is InChI=1S/C22H14N2OS/c25-22(14-6-2-1-3-7-14)16-10-17-13-23-24-21(17)18(11-16)20-12-15-8-4-5-9-19(15)26-20/h1-13H,(H,23,24). The van der Waals surface area contributed by atoms with Gasteiger partial charge in [-0.05, 0) is 29.7 Å². The maximum absolute atomic E-state index is 12.9. The number of carbonyl (C=O) groups excluding carboxylic acids is 1. The molecule has 0 spiro atoms. The molecule has 0 radical (unpaired) electrons. The van der Waals surface area contributed by atoms with Crippen molar-refractivity contribution in [2.75, 3.05) is 0 Å². The molecule has 0 atom stereocenters. The average Bonchev–Trinajstić information content (AvgIpc) is 3.33. The fourth-order valence-corrected chi connectivity index (χ4v) is 4.34. The first-order valence-electron chi connectivity index (χ1n) is 8.35. The second kappa shape index (κ2) is 5.93. The first-order valence-corrected chi connectivity index (χ1v) is 9.17. The van der Waals surface area contributed by atoms with E-state index >= 15 is 0 Å². The molecule has 2 heterocycles. The molecule has 0 aliphatic rings. The third-order valence-electron chi connectivity index (χ3n) is 4.54. The number of aromatic amines is 1. The number of hydrogen-bond acceptors (Lipinski definition) is 3. The summed E-state index contributed by atoms with van der Waals surface area (Å²) in [6, 6.07) is 23.8. The summed E-state index contributed by atoms with van der Waals surface area (Å²) in [6.45, 7) is 0. The van der Waals surface area contributed by atoms with Crippen molar-refractivity contribution in [3.8, 4) is 10.4 Å². The van der Waals surface area contributed by atoms with Gasteiger partial charge in [0, 0.05) is 31.7 Å². The first kappa shape index (κ1) is 15.0. The van der Waals surface area contributed by atoms with E-state index in [2.05, 4.69) is 28.4 Å². The molecule has 1 N–H and O–H groups in total. The van der Waals surface area contributed by atoms with Crippen LogP contribution in [0.1, 0.15) is 15.9 Å². The molecule has 5 aromatic rings. The molecule has 124 valence electrons. The van der Waals surface area contributed by atoms with Crippen molar-refractivity contribution in [2.24, 2.45) is 0 Å². The number of hydrogen-bond donors (Lipinski definition) is 1. The van der Waals surface area contributed by atoms with E-state index in [0.717, 1.165) is 21.3 Å². The minimum absolute atomic E-state index is 0.0241. The number of fused-ring (bicyclic) bond motifs is 2. The fourth-order valence-electron chi connectivity index (χ4n) is 3.25. The number of nitrogens with zero attached hydrogens (tertiary/aromatic N) is 1. The molecule has 0 fully saturated rings. The smallest absolute Gasteiger partial charge is 0.193 e. The van der Waals surface area contributed by atoms with Gasteiger partial charge in [0.05, 0.1) is 11.7 Å². The normalized spacial score (nSPS) is 11.2. The van der Waals surface area contributed by atoms with E-state index in [-0.39, 0.29) is 5.78 Å². The quantitative estimate of drug-likeness (QED) is 0.424. The monoisotopic (exact) mass is 354 g/mol. The van der Waals surface area contributed by atoms with Crippen molar-refractivity contribution in [3.05, 3.63) is 90.1 Å². The van der Waals surface area contributed by atoms with Crippen LogP contribution in [0.25, 0.3) is 31.4 Å². The molecule has 5 rings (SSSR count). The summed E-state index contributed by atoms with van der Waals surface area (Å²) in [5, 5.41) is 9.42. The molecular weight excluding hydrogens is 340 g/mol. The summed E-state index contributed by atoms with van der Waals surface area (Å²) in [7, 11) is 0. The van der Waals surface area contributed by atoms with Crippen LogP contribution < -0.4 is 0 Å². The number of benzene rings is 3. The van der Waals surface area contributed by atoms with Crippen molar-refractivity contribution in [1.29, 1.82) is 0 Å². The van der Waals surface area contributed by atoms with Crippen LogP contribution in [-0.2, 0) is 0 Å². The first-order chi connectivity index (χ1) is 12.8. The molecule has 0 saturated carbocycles. The molecule has 3 nitrogen and oxygen atoms in total. The number of aromatic nitrogens is 2. The van der Waals surface area contributed by atoms with Crippen LogP contribution in [0.5, 0.6) is 0 Å². The van der Waals surface area contributed by atoms with Gasteiger partial charge >= 0.3 is 0 Å². The van der Waals surface area contributed by atoms with Crippen LogP contribution in [0.4, 0.5) is 0 Å². The fraction of sp³-hybridized carbons (Fsp3) is 0. The highest BCUT2D eigenvalue weighted by Gasteiger charge is 2.15. The van der Waals surface area contributed by atoms with Gasteiger partial charge < -0.3 is 0 Å². The van der Waals surface area contributed by atoms with Crippen molar-refractivity contribution in [1.82, 2.24) is 10.2 Å². The average molecular weight is 354 g/mol. The van der Waals surface area contributed by atoms with Crippen LogP contribution in [0.2, 0.25) is 0 Å². The van der Waals surface area contributed by atoms with Gasteiger partial charge in [0.15, 0.2) is 5.78 Å². The lowest BCUT2D eigenvalue weighted by Gasteiger charge is -2.06. The molecule has 0 bridgehead atoms. The van der Waals surface area contributed by atoms with Crippen molar-refractivity contribution in [2.45, 2.75) is 0 Å². The molecule has 0 amide bonds. The van der Waals surface area contributed by atoms with Gasteiger partial charge in [0.1, 0.15) is 0 Å². The van der Waals surface area contributed by atoms with Gasteiger partial charge in [-0.2, -0.15) is 5.10 Å². The van der Waals surface area contributed by atoms with Gasteiger partial charge in [-0.3, -0.25) is 9.89 Å². The minimum atomic E-state index is 0.0241. The van der Waals surface area contributed by atoms with E-state index in [4.69, 9.17) is 0 Å². The Morgan fingerprint density at radius 1 is 0.846 bits per heavy atom. The van der Waals surface area contributed by atoms with E-state index in [0.29, 0.717) is 11.1 Å². The number of ketones is 1. The van der Waals surface area contributed by atoms with E-state index in [9.17, 15) is 4.79 Å². The highest BCUT2D eigenvalue weighted by Crippen LogP contribution is 2.37. The van der Waals surface area contributed by atoms with Crippen LogP contribution in [0.3, 0.4) is 0 Å². The lowest BCUT2D eigenvalue weighted by atomic mass is 9.98. The van der Waals surface area contributed by atoms with Gasteiger partial charge in [-0.15, -0.1) is 11.3 Å². The molecular formula is C22H14N2OS. The van der Waals surface area contributed by atoms with E-state index < -0.39 is 0 Å². The Labute approximate surface area is 153 Å². The number of rotatable bonds is 3. The summed E-state index contributed by atoms with van der Waals surface area (Å²) in [4.78, 5) is 14.1. The highest BCUT2D eigenvalue weighted by atomic mass is 32.1. The molecule has 0 aliphatic carbocycles.